The van der Waals surface area contributed by atoms with Crippen LogP contribution in [0.3, 0.4) is 0 Å². The van der Waals surface area contributed by atoms with Gasteiger partial charge in [-0.25, -0.2) is 0 Å². The fraction of sp³-hybridized carbons (Fsp3) is 0.250. The predicted octanol–water partition coefficient (Wildman–Crippen LogP) is 3.77. The number of methoxy groups -OCH3 is 1. The number of hydrogen-bond donors (Lipinski definition) is 1. The van der Waals surface area contributed by atoms with Gasteiger partial charge in [0.05, 0.1) is 12.9 Å². The molecule has 27 heavy (non-hydrogen) atoms. The van der Waals surface area contributed by atoms with Crippen LogP contribution in [0.1, 0.15) is 16.7 Å². The van der Waals surface area contributed by atoms with Gasteiger partial charge in [0.2, 0.25) is 11.8 Å². The first-order valence-electron chi connectivity index (χ1n) is 8.49. The number of nitrogens with zero attached hydrogens (tertiary/aromatic N) is 2. The van der Waals surface area contributed by atoms with Crippen LogP contribution in [-0.4, -0.2) is 29.0 Å². The Labute approximate surface area is 162 Å². The molecule has 0 fully saturated rings. The summed E-state index contributed by atoms with van der Waals surface area (Å²) in [6, 6.07) is 13.6. The van der Waals surface area contributed by atoms with Gasteiger partial charge >= 0.3 is 0 Å². The summed E-state index contributed by atoms with van der Waals surface area (Å²) in [5.41, 5.74) is 4.17. The van der Waals surface area contributed by atoms with Gasteiger partial charge in [0.1, 0.15) is 5.75 Å². The molecule has 3 aromatic rings. The maximum atomic E-state index is 12.1. The number of aryl methyl sites for hydroxylation is 2. The Morgan fingerprint density at radius 2 is 1.96 bits per heavy atom. The summed E-state index contributed by atoms with van der Waals surface area (Å²) in [7, 11) is 1.61. The Hall–Kier alpha value is -2.80. The minimum atomic E-state index is -0.114. The number of carbonyl (C=O) groups excluding carboxylic acids is 1. The van der Waals surface area contributed by atoms with Crippen molar-refractivity contribution >= 4 is 17.7 Å². The van der Waals surface area contributed by atoms with Crippen molar-refractivity contribution in [2.24, 2.45) is 0 Å². The molecule has 0 unspecified atom stereocenters. The molecule has 0 saturated carbocycles. The Kier molecular flexibility index (Phi) is 6.13. The third-order valence-corrected chi connectivity index (χ3v) is 4.97. The van der Waals surface area contributed by atoms with Crippen LogP contribution in [0.15, 0.2) is 52.1 Å². The Morgan fingerprint density at radius 3 is 2.74 bits per heavy atom. The first-order chi connectivity index (χ1) is 13.1. The zero-order valence-electron chi connectivity index (χ0n) is 15.5. The van der Waals surface area contributed by atoms with Gasteiger partial charge in [-0.05, 0) is 43.2 Å². The van der Waals surface area contributed by atoms with Crippen molar-refractivity contribution in [3.8, 4) is 17.2 Å². The molecular weight excluding hydrogens is 362 g/mol. The maximum Gasteiger partial charge on any atom is 0.277 e. The van der Waals surface area contributed by atoms with Gasteiger partial charge in [-0.1, -0.05) is 36.0 Å². The van der Waals surface area contributed by atoms with Crippen molar-refractivity contribution < 1.29 is 13.9 Å². The van der Waals surface area contributed by atoms with Gasteiger partial charge < -0.3 is 14.5 Å². The molecule has 140 valence electrons. The quantitative estimate of drug-likeness (QED) is 0.626. The van der Waals surface area contributed by atoms with Crippen molar-refractivity contribution in [1.29, 1.82) is 0 Å². The molecule has 0 saturated heterocycles. The number of benzene rings is 2. The fourth-order valence-electron chi connectivity index (χ4n) is 2.48. The van der Waals surface area contributed by atoms with Crippen LogP contribution < -0.4 is 10.1 Å². The van der Waals surface area contributed by atoms with Crippen LogP contribution in [0.5, 0.6) is 5.75 Å². The molecule has 0 aliphatic heterocycles. The zero-order chi connectivity index (χ0) is 19.2. The molecule has 0 atom stereocenters. The van der Waals surface area contributed by atoms with E-state index in [9.17, 15) is 4.79 Å². The van der Waals surface area contributed by atoms with E-state index in [0.29, 0.717) is 17.7 Å². The lowest BCUT2D eigenvalue weighted by molar-refractivity contribution is -0.118. The lowest BCUT2D eigenvalue weighted by Crippen LogP contribution is -2.24. The van der Waals surface area contributed by atoms with Crippen molar-refractivity contribution in [3.05, 3.63) is 59.2 Å². The number of aromatic nitrogens is 2. The van der Waals surface area contributed by atoms with Crippen LogP contribution in [0.2, 0.25) is 0 Å². The number of ether oxygens (including phenoxy) is 1. The van der Waals surface area contributed by atoms with Gasteiger partial charge in [-0.3, -0.25) is 4.79 Å². The predicted molar refractivity (Wildman–Crippen MR) is 105 cm³/mol. The molecule has 6 nitrogen and oxygen atoms in total. The number of nitrogens with one attached hydrogen (secondary N) is 1. The molecule has 1 amide bonds. The maximum absolute atomic E-state index is 12.1. The Balaban J connectivity index is 1.53. The number of carbonyl (C=O) groups is 1. The minimum Gasteiger partial charge on any atom is -0.496 e. The number of para-hydroxylation sites is 1. The smallest absolute Gasteiger partial charge is 0.277 e. The second kappa shape index (κ2) is 8.73. The van der Waals surface area contributed by atoms with E-state index in [1.165, 1.54) is 17.3 Å². The lowest BCUT2D eigenvalue weighted by Gasteiger charge is -2.08. The number of amides is 1. The van der Waals surface area contributed by atoms with Crippen molar-refractivity contribution in [2.75, 3.05) is 12.9 Å². The standard InChI is InChI=1S/C20H21N3O3S/c1-13-8-9-15(10-14(13)2)19-22-23-20(26-19)27-12-18(24)21-11-16-6-4-5-7-17(16)25-3/h4-10H,11-12H2,1-3H3,(H,21,24). The minimum absolute atomic E-state index is 0.114. The molecule has 0 aliphatic carbocycles. The van der Waals surface area contributed by atoms with E-state index in [2.05, 4.69) is 22.4 Å². The van der Waals surface area contributed by atoms with Crippen molar-refractivity contribution in [3.63, 3.8) is 0 Å². The molecule has 7 heteroatoms. The van der Waals surface area contributed by atoms with Crippen LogP contribution in [0, 0.1) is 13.8 Å². The summed E-state index contributed by atoms with van der Waals surface area (Å²) in [5.74, 6) is 1.29. The van der Waals surface area contributed by atoms with Gasteiger partial charge in [0, 0.05) is 17.7 Å². The molecule has 0 radical (unpaired) electrons. The Morgan fingerprint density at radius 1 is 1.15 bits per heavy atom. The van der Waals surface area contributed by atoms with E-state index in [0.717, 1.165) is 22.4 Å². The first-order valence-corrected chi connectivity index (χ1v) is 9.48. The highest BCUT2D eigenvalue weighted by Crippen LogP contribution is 2.24. The average Bonchev–Trinajstić information content (AvgIpc) is 3.16. The van der Waals surface area contributed by atoms with Gasteiger partial charge in [0.15, 0.2) is 0 Å². The summed E-state index contributed by atoms with van der Waals surface area (Å²) in [5, 5.41) is 11.3. The normalized spacial score (nSPS) is 10.6. The Bertz CT molecular complexity index is 940. The average molecular weight is 383 g/mol. The summed E-state index contributed by atoms with van der Waals surface area (Å²) < 4.78 is 10.9. The first kappa shape index (κ1) is 19.0. The lowest BCUT2D eigenvalue weighted by atomic mass is 10.1. The van der Waals surface area contributed by atoms with E-state index >= 15 is 0 Å². The third kappa shape index (κ3) is 4.89. The van der Waals surface area contributed by atoms with Crippen LogP contribution in [0.25, 0.3) is 11.5 Å². The van der Waals surface area contributed by atoms with Crippen LogP contribution in [-0.2, 0) is 11.3 Å². The van der Waals surface area contributed by atoms with Gasteiger partial charge in [0.25, 0.3) is 5.22 Å². The molecule has 0 spiro atoms. The highest BCUT2D eigenvalue weighted by molar-refractivity contribution is 7.99. The topological polar surface area (TPSA) is 77.2 Å². The monoisotopic (exact) mass is 383 g/mol. The fourth-order valence-corrected chi connectivity index (χ4v) is 3.07. The number of rotatable bonds is 7. The molecule has 1 heterocycles. The van der Waals surface area contributed by atoms with Crippen LogP contribution in [0.4, 0.5) is 0 Å². The molecule has 1 N–H and O–H groups in total. The molecule has 2 aromatic carbocycles. The van der Waals surface area contributed by atoms with Crippen LogP contribution >= 0.6 is 11.8 Å². The summed E-state index contributed by atoms with van der Waals surface area (Å²) in [6.07, 6.45) is 0. The van der Waals surface area contributed by atoms with Crippen molar-refractivity contribution in [2.45, 2.75) is 25.6 Å². The number of thioether (sulfide) groups is 1. The summed E-state index contributed by atoms with van der Waals surface area (Å²) in [4.78, 5) is 12.1. The molecular formula is C20H21N3O3S. The van der Waals surface area contributed by atoms with Crippen molar-refractivity contribution in [1.82, 2.24) is 15.5 Å². The second-order valence-electron chi connectivity index (χ2n) is 6.05. The largest absolute Gasteiger partial charge is 0.496 e. The molecule has 3 rings (SSSR count). The highest BCUT2D eigenvalue weighted by Gasteiger charge is 2.12. The molecule has 0 bridgehead atoms. The highest BCUT2D eigenvalue weighted by atomic mass is 32.2. The third-order valence-electron chi connectivity index (χ3n) is 4.16. The van der Waals surface area contributed by atoms with E-state index in [1.807, 2.05) is 49.4 Å². The molecule has 0 aliphatic rings. The van der Waals surface area contributed by atoms with E-state index in [-0.39, 0.29) is 11.7 Å². The molecule has 1 aromatic heterocycles. The SMILES string of the molecule is COc1ccccc1CNC(=O)CSc1nnc(-c2ccc(C)c(C)c2)o1. The number of hydrogen-bond acceptors (Lipinski definition) is 6. The van der Waals surface area contributed by atoms with E-state index in [1.54, 1.807) is 7.11 Å². The van der Waals surface area contributed by atoms with E-state index < -0.39 is 0 Å². The van der Waals surface area contributed by atoms with E-state index in [4.69, 9.17) is 9.15 Å². The second-order valence-corrected chi connectivity index (χ2v) is 6.98. The zero-order valence-corrected chi connectivity index (χ0v) is 16.3. The van der Waals surface area contributed by atoms with Gasteiger partial charge in [-0.2, -0.15) is 0 Å². The summed E-state index contributed by atoms with van der Waals surface area (Å²) >= 11 is 1.21. The van der Waals surface area contributed by atoms with Gasteiger partial charge in [-0.15, -0.1) is 10.2 Å². The summed E-state index contributed by atoms with van der Waals surface area (Å²) in [6.45, 7) is 4.50.